The van der Waals surface area contributed by atoms with Gasteiger partial charge in [0.05, 0.1) is 13.1 Å². The van der Waals surface area contributed by atoms with Crippen molar-refractivity contribution in [2.75, 3.05) is 13.6 Å². The van der Waals surface area contributed by atoms with Crippen molar-refractivity contribution >= 4 is 17.2 Å². The Morgan fingerprint density at radius 1 is 1.04 bits per heavy atom. The number of carbonyl (C=O) groups is 1. The summed E-state index contributed by atoms with van der Waals surface area (Å²) in [7, 11) is 1.92. The van der Waals surface area contributed by atoms with Crippen molar-refractivity contribution in [3.05, 3.63) is 93.7 Å². The van der Waals surface area contributed by atoms with Crippen molar-refractivity contribution in [2.45, 2.75) is 12.6 Å². The molecule has 0 spiro atoms. The van der Waals surface area contributed by atoms with Crippen LogP contribution in [0.4, 0.5) is 8.78 Å². The minimum absolute atomic E-state index is 0.0997. The molecule has 2 atom stereocenters. The number of carbonyl (C=O) groups excluding carboxylic acids is 1. The van der Waals surface area contributed by atoms with Crippen LogP contribution in [-0.2, 0) is 11.3 Å². The first kappa shape index (κ1) is 19.2. The van der Waals surface area contributed by atoms with Crippen molar-refractivity contribution in [1.82, 2.24) is 5.32 Å². The van der Waals surface area contributed by atoms with Crippen molar-refractivity contribution < 1.29 is 18.5 Å². The molecule has 0 fully saturated rings. The number of thiophene rings is 1. The average Bonchev–Trinajstić information content (AvgIpc) is 3.17. The predicted octanol–water partition coefficient (Wildman–Crippen LogP) is 2.95. The van der Waals surface area contributed by atoms with Gasteiger partial charge in [-0.05, 0) is 41.3 Å². The highest BCUT2D eigenvalue weighted by molar-refractivity contribution is 7.10. The molecule has 0 aliphatic carbocycles. The zero-order chi connectivity index (χ0) is 19.2. The summed E-state index contributed by atoms with van der Waals surface area (Å²) in [4.78, 5) is 14.6. The normalized spacial score (nSPS) is 13.1. The molecular weight excluding hydrogens is 366 g/mol. The highest BCUT2D eigenvalue weighted by Crippen LogP contribution is 2.26. The van der Waals surface area contributed by atoms with Gasteiger partial charge in [-0.2, -0.15) is 0 Å². The van der Waals surface area contributed by atoms with E-state index in [1.807, 2.05) is 24.6 Å². The number of rotatable bonds is 7. The van der Waals surface area contributed by atoms with E-state index in [9.17, 15) is 13.6 Å². The fourth-order valence-corrected chi connectivity index (χ4v) is 3.73. The Labute approximate surface area is 161 Å². The first-order valence-electron chi connectivity index (χ1n) is 8.65. The van der Waals surface area contributed by atoms with Gasteiger partial charge in [0.1, 0.15) is 18.2 Å². The summed E-state index contributed by atoms with van der Waals surface area (Å²) in [6.45, 7) is 0.897. The molecule has 0 radical (unpaired) electrons. The quantitative estimate of drug-likeness (QED) is 0.642. The molecule has 1 amide bonds. The van der Waals surface area contributed by atoms with Gasteiger partial charge in [-0.15, -0.1) is 11.3 Å². The first-order valence-corrected chi connectivity index (χ1v) is 9.53. The highest BCUT2D eigenvalue weighted by atomic mass is 32.1. The molecule has 140 valence electrons. The number of benzene rings is 2. The van der Waals surface area contributed by atoms with Gasteiger partial charge in [0.2, 0.25) is 0 Å². The van der Waals surface area contributed by atoms with Crippen LogP contribution < -0.4 is 10.2 Å². The SMILES string of the molecule is C[NH+](CC(=O)N[C@@H](c1ccc(F)cc1)c1cccs1)Cc1ccc(F)cc1. The number of hydrogen-bond donors (Lipinski definition) is 2. The first-order chi connectivity index (χ1) is 13.0. The van der Waals surface area contributed by atoms with Gasteiger partial charge in [0.25, 0.3) is 5.91 Å². The zero-order valence-electron chi connectivity index (χ0n) is 14.9. The average molecular weight is 387 g/mol. The Morgan fingerprint density at radius 3 is 2.26 bits per heavy atom. The Hall–Kier alpha value is -2.57. The molecule has 0 saturated carbocycles. The van der Waals surface area contributed by atoms with Crippen LogP contribution in [0.2, 0.25) is 0 Å². The van der Waals surface area contributed by atoms with Gasteiger partial charge >= 0.3 is 0 Å². The number of halogens is 2. The lowest BCUT2D eigenvalue weighted by Crippen LogP contribution is -3.08. The Balaban J connectivity index is 1.65. The highest BCUT2D eigenvalue weighted by Gasteiger charge is 2.20. The Bertz CT molecular complexity index is 864. The van der Waals surface area contributed by atoms with E-state index in [4.69, 9.17) is 0 Å². The summed E-state index contributed by atoms with van der Waals surface area (Å²) in [5, 5.41) is 5.00. The number of quaternary nitrogens is 1. The molecular formula is C21H21F2N2OS+. The molecule has 6 heteroatoms. The minimum Gasteiger partial charge on any atom is -0.339 e. The second kappa shape index (κ2) is 8.88. The van der Waals surface area contributed by atoms with Gasteiger partial charge in [0, 0.05) is 10.4 Å². The maximum absolute atomic E-state index is 13.2. The lowest BCUT2D eigenvalue weighted by atomic mass is 10.1. The molecule has 27 heavy (non-hydrogen) atoms. The van der Waals surface area contributed by atoms with Crippen molar-refractivity contribution in [3.8, 4) is 0 Å². The molecule has 0 aliphatic rings. The topological polar surface area (TPSA) is 33.5 Å². The van der Waals surface area contributed by atoms with Crippen LogP contribution in [0.1, 0.15) is 22.0 Å². The zero-order valence-corrected chi connectivity index (χ0v) is 15.7. The van der Waals surface area contributed by atoms with Crippen LogP contribution in [-0.4, -0.2) is 19.5 Å². The maximum atomic E-state index is 13.2. The van der Waals surface area contributed by atoms with Gasteiger partial charge in [0.15, 0.2) is 6.54 Å². The van der Waals surface area contributed by atoms with E-state index in [1.165, 1.54) is 24.3 Å². The van der Waals surface area contributed by atoms with E-state index in [1.54, 1.807) is 35.6 Å². The van der Waals surface area contributed by atoms with E-state index in [2.05, 4.69) is 5.32 Å². The molecule has 0 saturated heterocycles. The second-order valence-corrected chi connectivity index (χ2v) is 7.48. The smallest absolute Gasteiger partial charge is 0.275 e. The Morgan fingerprint density at radius 2 is 1.67 bits per heavy atom. The van der Waals surface area contributed by atoms with Crippen LogP contribution in [0.25, 0.3) is 0 Å². The number of nitrogens with one attached hydrogen (secondary N) is 2. The Kier molecular flexibility index (Phi) is 6.32. The molecule has 2 aromatic carbocycles. The van der Waals surface area contributed by atoms with Crippen LogP contribution in [0.5, 0.6) is 0 Å². The molecule has 1 aromatic heterocycles. The summed E-state index contributed by atoms with van der Waals surface area (Å²) in [6, 6.07) is 16.0. The van der Waals surface area contributed by atoms with Gasteiger partial charge in [-0.3, -0.25) is 4.79 Å². The van der Waals surface area contributed by atoms with E-state index in [0.717, 1.165) is 20.9 Å². The van der Waals surface area contributed by atoms with Crippen molar-refractivity contribution in [1.29, 1.82) is 0 Å². The van der Waals surface area contributed by atoms with Crippen LogP contribution >= 0.6 is 11.3 Å². The minimum atomic E-state index is -0.309. The molecule has 3 nitrogen and oxygen atoms in total. The molecule has 2 N–H and O–H groups in total. The summed E-state index contributed by atoms with van der Waals surface area (Å²) in [5.74, 6) is -0.678. The predicted molar refractivity (Wildman–Crippen MR) is 103 cm³/mol. The van der Waals surface area contributed by atoms with E-state index in [-0.39, 0.29) is 30.1 Å². The van der Waals surface area contributed by atoms with Crippen molar-refractivity contribution in [3.63, 3.8) is 0 Å². The largest absolute Gasteiger partial charge is 0.339 e. The monoisotopic (exact) mass is 387 g/mol. The van der Waals surface area contributed by atoms with E-state index < -0.39 is 0 Å². The molecule has 3 aromatic rings. The number of likely N-dealkylation sites (N-methyl/N-ethyl adjacent to an activating group) is 1. The molecule has 0 bridgehead atoms. The molecule has 3 rings (SSSR count). The third-order valence-corrected chi connectivity index (χ3v) is 5.16. The fraction of sp³-hybridized carbons (Fsp3) is 0.190. The summed E-state index contributed by atoms with van der Waals surface area (Å²) >= 11 is 1.54. The lowest BCUT2D eigenvalue weighted by Gasteiger charge is -2.20. The third kappa shape index (κ3) is 5.45. The molecule has 1 heterocycles. The summed E-state index contributed by atoms with van der Waals surface area (Å²) in [5.41, 5.74) is 1.80. The third-order valence-electron chi connectivity index (χ3n) is 4.22. The van der Waals surface area contributed by atoms with Crippen LogP contribution in [0.15, 0.2) is 66.0 Å². The van der Waals surface area contributed by atoms with Crippen LogP contribution in [0.3, 0.4) is 0 Å². The van der Waals surface area contributed by atoms with E-state index in [0.29, 0.717) is 6.54 Å². The van der Waals surface area contributed by atoms with Gasteiger partial charge < -0.3 is 10.2 Å². The summed E-state index contributed by atoms with van der Waals surface area (Å²) in [6.07, 6.45) is 0. The molecule has 1 unspecified atom stereocenters. The standard InChI is InChI=1S/C21H20F2N2OS/c1-25(13-15-4-8-17(22)9-5-15)14-20(26)24-21(19-3-2-12-27-19)16-6-10-18(23)11-7-16/h2-12,21H,13-14H2,1H3,(H,24,26)/p+1/t21-/m0/s1. The number of amides is 1. The fourth-order valence-electron chi connectivity index (χ4n) is 2.93. The lowest BCUT2D eigenvalue weighted by molar-refractivity contribution is -0.885. The van der Waals surface area contributed by atoms with Crippen molar-refractivity contribution in [2.24, 2.45) is 0 Å². The van der Waals surface area contributed by atoms with Crippen LogP contribution in [0, 0.1) is 11.6 Å². The summed E-state index contributed by atoms with van der Waals surface area (Å²) < 4.78 is 26.3. The second-order valence-electron chi connectivity index (χ2n) is 6.50. The van der Waals surface area contributed by atoms with E-state index >= 15 is 0 Å². The maximum Gasteiger partial charge on any atom is 0.275 e. The number of hydrogen-bond acceptors (Lipinski definition) is 2. The van der Waals surface area contributed by atoms with Gasteiger partial charge in [-0.1, -0.05) is 30.3 Å². The van der Waals surface area contributed by atoms with Gasteiger partial charge in [-0.25, -0.2) is 8.78 Å². The molecule has 0 aliphatic heterocycles.